The van der Waals surface area contributed by atoms with E-state index in [9.17, 15) is 10.1 Å². The Bertz CT molecular complexity index is 1380. The lowest BCUT2D eigenvalue weighted by molar-refractivity contribution is 0.0144. The summed E-state index contributed by atoms with van der Waals surface area (Å²) in [5, 5.41) is 10.2. The molecule has 2 saturated heterocycles. The third-order valence-electron chi connectivity index (χ3n) is 8.56. The number of anilines is 2. The Balaban J connectivity index is 1.45. The molecule has 1 amide bonds. The van der Waals surface area contributed by atoms with Crippen LogP contribution in [0.5, 0.6) is 11.8 Å². The molecule has 238 valence electrons. The number of benzene rings is 1. The predicted molar refractivity (Wildman–Crippen MR) is 170 cm³/mol. The van der Waals surface area contributed by atoms with E-state index < -0.39 is 11.7 Å². The number of amides is 1. The Labute approximate surface area is 265 Å². The average Bonchev–Trinajstić information content (AvgIpc) is 3.26. The Hall–Kier alpha value is -3.49. The molecule has 3 aliphatic rings. The SMILES string of the molecule is COc1ccc(N2CCCc3c(nc(OC[C@@H]4CCCN4C)nc3N3CCN(C(=O)OC(C)(C)C)C(CC#N)C3)C2)cc1Cl. The van der Waals surface area contributed by atoms with Gasteiger partial charge >= 0.3 is 12.1 Å². The number of carbonyl (C=O) groups is 1. The van der Waals surface area contributed by atoms with E-state index in [0.29, 0.717) is 55.6 Å². The second kappa shape index (κ2) is 13.7. The number of methoxy groups -OCH3 is 1. The van der Waals surface area contributed by atoms with Crippen molar-refractivity contribution in [2.75, 3.05) is 63.3 Å². The molecule has 0 N–H and O–H groups in total. The zero-order valence-corrected chi connectivity index (χ0v) is 27.3. The number of rotatable bonds is 7. The van der Waals surface area contributed by atoms with Crippen LogP contribution in [0.4, 0.5) is 16.3 Å². The Morgan fingerprint density at radius 3 is 2.61 bits per heavy atom. The zero-order chi connectivity index (χ0) is 31.4. The third-order valence-corrected chi connectivity index (χ3v) is 8.86. The first kappa shape index (κ1) is 31.9. The van der Waals surface area contributed by atoms with Gasteiger partial charge in [-0.25, -0.2) is 4.79 Å². The number of fused-ring (bicyclic) bond motifs is 1. The highest BCUT2D eigenvalue weighted by atomic mass is 35.5. The summed E-state index contributed by atoms with van der Waals surface area (Å²) < 4.78 is 17.3. The van der Waals surface area contributed by atoms with E-state index in [4.69, 9.17) is 35.8 Å². The number of ether oxygens (including phenoxy) is 3. The molecule has 0 aliphatic carbocycles. The Kier molecular flexibility index (Phi) is 9.90. The highest BCUT2D eigenvalue weighted by Crippen LogP contribution is 2.34. The Morgan fingerprint density at radius 2 is 1.93 bits per heavy atom. The lowest BCUT2D eigenvalue weighted by atomic mass is 10.1. The van der Waals surface area contributed by atoms with Crippen molar-refractivity contribution in [2.45, 2.75) is 77.1 Å². The molecule has 3 aliphatic heterocycles. The van der Waals surface area contributed by atoms with Crippen molar-refractivity contribution in [3.8, 4) is 17.8 Å². The van der Waals surface area contributed by atoms with Gasteiger partial charge in [-0.2, -0.15) is 15.2 Å². The van der Waals surface area contributed by atoms with E-state index in [1.54, 1.807) is 12.0 Å². The number of hydrogen-bond donors (Lipinski definition) is 0. The van der Waals surface area contributed by atoms with Gasteiger partial charge in [-0.1, -0.05) is 11.6 Å². The van der Waals surface area contributed by atoms with Crippen LogP contribution in [0, 0.1) is 11.3 Å². The van der Waals surface area contributed by atoms with Crippen LogP contribution in [0.15, 0.2) is 18.2 Å². The second-order valence-electron chi connectivity index (χ2n) is 12.8. The van der Waals surface area contributed by atoms with Crippen LogP contribution in [-0.4, -0.2) is 97.0 Å². The maximum atomic E-state index is 13.1. The minimum Gasteiger partial charge on any atom is -0.495 e. The summed E-state index contributed by atoms with van der Waals surface area (Å²) >= 11 is 6.50. The summed E-state index contributed by atoms with van der Waals surface area (Å²) in [6.07, 6.45) is 3.75. The van der Waals surface area contributed by atoms with E-state index in [1.165, 1.54) is 0 Å². The Morgan fingerprint density at radius 1 is 1.11 bits per heavy atom. The lowest BCUT2D eigenvalue weighted by Crippen LogP contribution is -2.56. The van der Waals surface area contributed by atoms with Gasteiger partial charge < -0.3 is 33.8 Å². The van der Waals surface area contributed by atoms with Crippen molar-refractivity contribution < 1.29 is 19.0 Å². The summed E-state index contributed by atoms with van der Waals surface area (Å²) in [5.74, 6) is 1.46. The molecule has 0 radical (unpaired) electrons. The molecule has 5 rings (SSSR count). The first-order valence-electron chi connectivity index (χ1n) is 15.5. The van der Waals surface area contributed by atoms with Gasteiger partial charge in [0.15, 0.2) is 0 Å². The molecule has 2 atom stereocenters. The van der Waals surface area contributed by atoms with Crippen molar-refractivity contribution in [1.29, 1.82) is 5.26 Å². The van der Waals surface area contributed by atoms with Crippen LogP contribution in [0.25, 0.3) is 0 Å². The fourth-order valence-electron chi connectivity index (χ4n) is 6.24. The first-order chi connectivity index (χ1) is 21.1. The number of nitriles is 1. The molecule has 2 fully saturated rings. The number of halogens is 1. The summed E-state index contributed by atoms with van der Waals surface area (Å²) in [7, 11) is 3.74. The van der Waals surface area contributed by atoms with Crippen molar-refractivity contribution >= 4 is 29.2 Å². The number of carbonyl (C=O) groups excluding carboxylic acids is 1. The van der Waals surface area contributed by atoms with Crippen LogP contribution >= 0.6 is 11.6 Å². The average molecular weight is 626 g/mol. The molecule has 1 unspecified atom stereocenters. The van der Waals surface area contributed by atoms with Crippen molar-refractivity contribution in [3.63, 3.8) is 0 Å². The highest BCUT2D eigenvalue weighted by Gasteiger charge is 2.36. The fraction of sp³-hybridized carbons (Fsp3) is 0.625. The smallest absolute Gasteiger partial charge is 0.410 e. The van der Waals surface area contributed by atoms with E-state index in [0.717, 1.165) is 61.5 Å². The molecule has 1 aromatic heterocycles. The van der Waals surface area contributed by atoms with Crippen LogP contribution in [0.2, 0.25) is 5.02 Å². The van der Waals surface area contributed by atoms with Crippen LogP contribution < -0.4 is 19.3 Å². The summed E-state index contributed by atoms with van der Waals surface area (Å²) in [5.41, 5.74) is 2.38. The van der Waals surface area contributed by atoms with Crippen LogP contribution in [-0.2, 0) is 17.7 Å². The molecule has 1 aromatic carbocycles. The van der Waals surface area contributed by atoms with Crippen molar-refractivity contribution in [1.82, 2.24) is 19.8 Å². The minimum absolute atomic E-state index is 0.201. The van der Waals surface area contributed by atoms with Crippen LogP contribution in [0.3, 0.4) is 0 Å². The number of piperazine rings is 1. The molecular formula is C32H44ClN7O4. The minimum atomic E-state index is -0.616. The number of likely N-dealkylation sites (N-methyl/N-ethyl adjacent to an activating group) is 1. The predicted octanol–water partition coefficient (Wildman–Crippen LogP) is 4.90. The summed E-state index contributed by atoms with van der Waals surface area (Å²) in [4.78, 5) is 31.5. The number of hydrogen-bond acceptors (Lipinski definition) is 10. The van der Waals surface area contributed by atoms with Crippen molar-refractivity contribution in [2.24, 2.45) is 0 Å². The molecule has 0 spiro atoms. The van der Waals surface area contributed by atoms with Gasteiger partial charge in [0, 0.05) is 43.5 Å². The fourth-order valence-corrected chi connectivity index (χ4v) is 6.49. The van der Waals surface area contributed by atoms with Gasteiger partial charge in [-0.3, -0.25) is 0 Å². The van der Waals surface area contributed by atoms with Gasteiger partial charge in [0.2, 0.25) is 0 Å². The maximum Gasteiger partial charge on any atom is 0.410 e. The highest BCUT2D eigenvalue weighted by molar-refractivity contribution is 6.32. The van der Waals surface area contributed by atoms with Gasteiger partial charge in [0.25, 0.3) is 0 Å². The molecule has 44 heavy (non-hydrogen) atoms. The molecular weight excluding hydrogens is 582 g/mol. The van der Waals surface area contributed by atoms with Gasteiger partial charge in [0.1, 0.15) is 23.8 Å². The molecule has 2 aromatic rings. The lowest BCUT2D eigenvalue weighted by Gasteiger charge is -2.42. The number of likely N-dealkylation sites (tertiary alicyclic amines) is 1. The monoisotopic (exact) mass is 625 g/mol. The third kappa shape index (κ3) is 7.41. The maximum absolute atomic E-state index is 13.1. The second-order valence-corrected chi connectivity index (χ2v) is 13.2. The molecule has 4 heterocycles. The quantitative estimate of drug-likeness (QED) is 0.421. The van der Waals surface area contributed by atoms with E-state index >= 15 is 0 Å². The molecule has 12 heteroatoms. The van der Waals surface area contributed by atoms with Crippen LogP contribution in [0.1, 0.15) is 57.7 Å². The van der Waals surface area contributed by atoms with Gasteiger partial charge in [-0.15, -0.1) is 0 Å². The van der Waals surface area contributed by atoms with Gasteiger partial charge in [0.05, 0.1) is 42.9 Å². The summed E-state index contributed by atoms with van der Waals surface area (Å²) in [6.45, 7) is 10.0. The standard InChI is InChI=1S/C32H44ClN7O4/c1-32(2,3)44-31(41)40-17-16-39(19-23(40)12-13-34)29-25-9-7-15-38(22-10-11-28(42-5)26(33)18-22)20-27(25)35-30(36-29)43-21-24-8-6-14-37(24)4/h10-11,18,23-24H,6-9,12,14-17,19-21H2,1-5H3/t23?,24-/m0/s1. The van der Waals surface area contributed by atoms with Gasteiger partial charge in [-0.05, 0) is 78.2 Å². The number of nitrogens with zero attached hydrogens (tertiary/aromatic N) is 7. The largest absolute Gasteiger partial charge is 0.495 e. The number of aromatic nitrogens is 2. The first-order valence-corrected chi connectivity index (χ1v) is 15.9. The van der Waals surface area contributed by atoms with E-state index in [-0.39, 0.29) is 12.5 Å². The van der Waals surface area contributed by atoms with E-state index in [1.807, 2.05) is 39.0 Å². The normalized spacial score (nSPS) is 21.0. The molecule has 0 saturated carbocycles. The molecule has 11 nitrogen and oxygen atoms in total. The zero-order valence-electron chi connectivity index (χ0n) is 26.5. The van der Waals surface area contributed by atoms with Crippen molar-refractivity contribution in [3.05, 3.63) is 34.5 Å². The topological polar surface area (TPSA) is 107 Å². The summed E-state index contributed by atoms with van der Waals surface area (Å²) in [6, 6.07) is 8.48. The molecule has 0 bridgehead atoms. The van der Waals surface area contributed by atoms with E-state index in [2.05, 4.69) is 27.8 Å².